The second-order valence-corrected chi connectivity index (χ2v) is 6.75. The number of carbonyl (C=O) groups excluding carboxylic acids is 1. The molecule has 1 aliphatic rings. The van der Waals surface area contributed by atoms with Crippen molar-refractivity contribution in [2.24, 2.45) is 0 Å². The summed E-state index contributed by atoms with van der Waals surface area (Å²) >= 11 is 0. The first kappa shape index (κ1) is 19.1. The molecule has 1 fully saturated rings. The lowest BCUT2D eigenvalue weighted by Crippen LogP contribution is -2.36. The van der Waals surface area contributed by atoms with Crippen molar-refractivity contribution in [3.05, 3.63) is 66.0 Å². The smallest absolute Gasteiger partial charge is 0.227 e. The summed E-state index contributed by atoms with van der Waals surface area (Å²) < 4.78 is 5.18. The number of nitrogens with zero attached hydrogens (tertiary/aromatic N) is 3. The minimum atomic E-state index is 0.193. The molecular weight excluding hydrogens is 338 g/mol. The second kappa shape index (κ2) is 9.88. The number of hydrogen-bond acceptors (Lipinski definition) is 4. The number of amides is 1. The Morgan fingerprint density at radius 2 is 2.00 bits per heavy atom. The predicted octanol–water partition coefficient (Wildman–Crippen LogP) is 2.88. The highest BCUT2D eigenvalue weighted by molar-refractivity contribution is 5.78. The van der Waals surface area contributed by atoms with Crippen molar-refractivity contribution in [2.45, 2.75) is 12.8 Å². The van der Waals surface area contributed by atoms with Gasteiger partial charge in [0.15, 0.2) is 0 Å². The largest absolute Gasteiger partial charge is 0.497 e. The first-order valence-corrected chi connectivity index (χ1v) is 9.44. The van der Waals surface area contributed by atoms with Crippen LogP contribution in [0.3, 0.4) is 0 Å². The van der Waals surface area contributed by atoms with E-state index in [0.29, 0.717) is 6.42 Å². The predicted molar refractivity (Wildman–Crippen MR) is 108 cm³/mol. The molecule has 2 aromatic rings. The Hall–Kier alpha value is -2.66. The number of carbonyl (C=O) groups is 1. The van der Waals surface area contributed by atoms with Crippen molar-refractivity contribution < 1.29 is 9.53 Å². The van der Waals surface area contributed by atoms with Gasteiger partial charge >= 0.3 is 0 Å². The zero-order valence-electron chi connectivity index (χ0n) is 15.9. The normalized spacial score (nSPS) is 15.7. The summed E-state index contributed by atoms with van der Waals surface area (Å²) in [7, 11) is 1.68. The molecule has 2 heterocycles. The zero-order chi connectivity index (χ0) is 18.9. The highest BCUT2D eigenvalue weighted by atomic mass is 16.5. The molecular formula is C22H27N3O2. The number of rotatable bonds is 6. The summed E-state index contributed by atoms with van der Waals surface area (Å²) in [5.41, 5.74) is 2.14. The van der Waals surface area contributed by atoms with Crippen molar-refractivity contribution >= 4 is 12.0 Å². The van der Waals surface area contributed by atoms with Crippen LogP contribution in [-0.2, 0) is 11.2 Å². The molecule has 142 valence electrons. The topological polar surface area (TPSA) is 45.7 Å². The quantitative estimate of drug-likeness (QED) is 0.790. The maximum Gasteiger partial charge on any atom is 0.227 e. The summed E-state index contributed by atoms with van der Waals surface area (Å²) in [6, 6.07) is 11.9. The van der Waals surface area contributed by atoms with E-state index < -0.39 is 0 Å². The highest BCUT2D eigenvalue weighted by Gasteiger charge is 2.18. The summed E-state index contributed by atoms with van der Waals surface area (Å²) in [5.74, 6) is 1.06. The van der Waals surface area contributed by atoms with E-state index in [1.54, 1.807) is 19.5 Å². The molecule has 1 saturated heterocycles. The molecule has 3 rings (SSSR count). The average Bonchev–Trinajstić information content (AvgIpc) is 2.95. The molecule has 0 atom stereocenters. The molecule has 1 aliphatic heterocycles. The van der Waals surface area contributed by atoms with E-state index in [9.17, 15) is 4.79 Å². The van der Waals surface area contributed by atoms with E-state index in [1.807, 2.05) is 29.2 Å². The number of methoxy groups -OCH3 is 1. The van der Waals surface area contributed by atoms with Gasteiger partial charge in [0.25, 0.3) is 0 Å². The van der Waals surface area contributed by atoms with Crippen LogP contribution in [0, 0.1) is 0 Å². The van der Waals surface area contributed by atoms with Gasteiger partial charge in [0.05, 0.1) is 13.5 Å². The Bertz CT molecular complexity index is 744. The maximum atomic E-state index is 12.5. The Balaban J connectivity index is 1.46. The van der Waals surface area contributed by atoms with Crippen LogP contribution in [0.2, 0.25) is 0 Å². The minimum absolute atomic E-state index is 0.193. The van der Waals surface area contributed by atoms with Gasteiger partial charge in [-0.25, -0.2) is 0 Å². The van der Waals surface area contributed by atoms with Gasteiger partial charge in [-0.2, -0.15) is 0 Å². The number of aromatic nitrogens is 1. The molecule has 1 amide bonds. The third kappa shape index (κ3) is 5.93. The second-order valence-electron chi connectivity index (χ2n) is 6.75. The van der Waals surface area contributed by atoms with E-state index >= 15 is 0 Å². The minimum Gasteiger partial charge on any atom is -0.497 e. The van der Waals surface area contributed by atoms with Crippen molar-refractivity contribution in [2.75, 3.05) is 39.8 Å². The molecule has 0 saturated carbocycles. The van der Waals surface area contributed by atoms with Crippen molar-refractivity contribution in [1.29, 1.82) is 0 Å². The SMILES string of the molecule is COc1ccc(C=CCN2CCCN(C(=O)Cc3cccnc3)CC2)cc1. The lowest BCUT2D eigenvalue weighted by atomic mass is 10.2. The summed E-state index contributed by atoms with van der Waals surface area (Å²) in [6.45, 7) is 4.44. The average molecular weight is 365 g/mol. The van der Waals surface area contributed by atoms with Crippen LogP contribution in [0.5, 0.6) is 5.75 Å². The molecule has 1 aromatic carbocycles. The first-order chi connectivity index (χ1) is 13.2. The highest BCUT2D eigenvalue weighted by Crippen LogP contribution is 2.12. The number of hydrogen-bond donors (Lipinski definition) is 0. The van der Waals surface area contributed by atoms with Crippen molar-refractivity contribution in [1.82, 2.24) is 14.8 Å². The fourth-order valence-electron chi connectivity index (χ4n) is 3.24. The van der Waals surface area contributed by atoms with Crippen molar-refractivity contribution in [3.8, 4) is 5.75 Å². The van der Waals surface area contributed by atoms with Crippen LogP contribution in [-0.4, -0.2) is 60.5 Å². The third-order valence-electron chi connectivity index (χ3n) is 4.81. The summed E-state index contributed by atoms with van der Waals surface area (Å²) in [6.07, 6.45) is 9.27. The number of pyridine rings is 1. The summed E-state index contributed by atoms with van der Waals surface area (Å²) in [4.78, 5) is 21.0. The molecule has 5 nitrogen and oxygen atoms in total. The van der Waals surface area contributed by atoms with Gasteiger partial charge in [0.1, 0.15) is 5.75 Å². The molecule has 0 bridgehead atoms. The van der Waals surface area contributed by atoms with Crippen LogP contribution < -0.4 is 4.74 Å². The molecule has 0 N–H and O–H groups in total. The van der Waals surface area contributed by atoms with E-state index in [0.717, 1.165) is 50.5 Å². The molecule has 0 unspecified atom stereocenters. The van der Waals surface area contributed by atoms with E-state index in [4.69, 9.17) is 4.74 Å². The van der Waals surface area contributed by atoms with Crippen LogP contribution in [0.25, 0.3) is 6.08 Å². The Kier molecular flexibility index (Phi) is 6.99. The van der Waals surface area contributed by atoms with Gasteiger partial charge in [-0.05, 0) is 35.7 Å². The number of ether oxygens (including phenoxy) is 1. The first-order valence-electron chi connectivity index (χ1n) is 9.44. The van der Waals surface area contributed by atoms with Gasteiger partial charge in [-0.15, -0.1) is 0 Å². The van der Waals surface area contributed by atoms with E-state index in [2.05, 4.69) is 34.2 Å². The fraction of sp³-hybridized carbons (Fsp3) is 0.364. The Labute approximate surface area is 161 Å². The van der Waals surface area contributed by atoms with E-state index in [-0.39, 0.29) is 5.91 Å². The number of benzene rings is 1. The third-order valence-corrected chi connectivity index (χ3v) is 4.81. The lowest BCUT2D eigenvalue weighted by molar-refractivity contribution is -0.130. The van der Waals surface area contributed by atoms with Gasteiger partial charge in [0, 0.05) is 45.1 Å². The Morgan fingerprint density at radius 3 is 2.74 bits per heavy atom. The van der Waals surface area contributed by atoms with Crippen LogP contribution in [0.1, 0.15) is 17.5 Å². The standard InChI is InChI=1S/C22H27N3O2/c1-27-21-9-7-19(8-10-21)6-3-12-24-13-4-14-25(16-15-24)22(26)17-20-5-2-11-23-18-20/h2-3,5-11,18H,4,12-17H2,1H3. The molecule has 1 aromatic heterocycles. The zero-order valence-corrected chi connectivity index (χ0v) is 15.9. The maximum absolute atomic E-state index is 12.5. The lowest BCUT2D eigenvalue weighted by Gasteiger charge is -2.21. The van der Waals surface area contributed by atoms with Gasteiger partial charge in [-0.1, -0.05) is 30.4 Å². The monoisotopic (exact) mass is 365 g/mol. The molecule has 0 spiro atoms. The fourth-order valence-corrected chi connectivity index (χ4v) is 3.24. The van der Waals surface area contributed by atoms with Gasteiger partial charge in [-0.3, -0.25) is 14.7 Å². The van der Waals surface area contributed by atoms with Crippen molar-refractivity contribution in [3.63, 3.8) is 0 Å². The Morgan fingerprint density at radius 1 is 1.15 bits per heavy atom. The van der Waals surface area contributed by atoms with Crippen LogP contribution in [0.15, 0.2) is 54.9 Å². The molecule has 5 heteroatoms. The van der Waals surface area contributed by atoms with Gasteiger partial charge in [0.2, 0.25) is 5.91 Å². The van der Waals surface area contributed by atoms with Crippen LogP contribution >= 0.6 is 0 Å². The van der Waals surface area contributed by atoms with Gasteiger partial charge < -0.3 is 9.64 Å². The summed E-state index contributed by atoms with van der Waals surface area (Å²) in [5, 5.41) is 0. The molecule has 0 radical (unpaired) electrons. The van der Waals surface area contributed by atoms with Crippen LogP contribution in [0.4, 0.5) is 0 Å². The molecule has 0 aliphatic carbocycles. The van der Waals surface area contributed by atoms with E-state index in [1.165, 1.54) is 5.56 Å². The molecule has 27 heavy (non-hydrogen) atoms.